The molecule has 0 bridgehead atoms. The number of nitrogens with zero attached hydrogens (tertiary/aromatic N) is 2. The Morgan fingerprint density at radius 1 is 0.591 bits per heavy atom. The van der Waals surface area contributed by atoms with Gasteiger partial charge in [-0.2, -0.15) is 0 Å². The summed E-state index contributed by atoms with van der Waals surface area (Å²) >= 11 is 0. The molecule has 2 aromatic heterocycles. The Bertz CT molecular complexity index is 529. The van der Waals surface area contributed by atoms with Gasteiger partial charge in [-0.3, -0.25) is 0 Å². The standard InChI is InChI=1S/C20H30N2/c1-3-5-7-8-14-22-17-11-20(12-18-22)19-9-15-21(16-10-19)13-6-4-2/h9-12,15-18H,3-8,13-14H2,1-2H3/q+2. The summed E-state index contributed by atoms with van der Waals surface area (Å²) in [6.45, 7) is 6.74. The third-order valence-electron chi connectivity index (χ3n) is 4.16. The second-order valence-corrected chi connectivity index (χ2v) is 6.06. The van der Waals surface area contributed by atoms with E-state index < -0.39 is 0 Å². The zero-order valence-electron chi connectivity index (χ0n) is 14.2. The zero-order valence-corrected chi connectivity index (χ0v) is 14.2. The van der Waals surface area contributed by atoms with E-state index in [0.29, 0.717) is 0 Å². The van der Waals surface area contributed by atoms with Gasteiger partial charge in [0.1, 0.15) is 13.1 Å². The SMILES string of the molecule is CCCCCC[n+]1ccc(-c2cc[n+](CCCC)cc2)cc1. The van der Waals surface area contributed by atoms with Gasteiger partial charge in [0.05, 0.1) is 0 Å². The first kappa shape index (κ1) is 16.7. The van der Waals surface area contributed by atoms with Crippen molar-refractivity contribution in [2.45, 2.75) is 65.5 Å². The third kappa shape index (κ3) is 5.25. The van der Waals surface area contributed by atoms with E-state index in [-0.39, 0.29) is 0 Å². The monoisotopic (exact) mass is 298 g/mol. The molecular weight excluding hydrogens is 268 g/mol. The van der Waals surface area contributed by atoms with Crippen LogP contribution in [0.5, 0.6) is 0 Å². The van der Waals surface area contributed by atoms with Crippen molar-refractivity contribution in [2.75, 3.05) is 0 Å². The molecule has 0 amide bonds. The topological polar surface area (TPSA) is 7.76 Å². The largest absolute Gasteiger partial charge is 0.205 e. The predicted molar refractivity (Wildman–Crippen MR) is 91.3 cm³/mol. The maximum atomic E-state index is 2.30. The molecule has 0 unspecified atom stereocenters. The van der Waals surface area contributed by atoms with E-state index >= 15 is 0 Å². The van der Waals surface area contributed by atoms with Gasteiger partial charge in [-0.25, -0.2) is 9.13 Å². The lowest BCUT2D eigenvalue weighted by Gasteiger charge is -2.01. The highest BCUT2D eigenvalue weighted by molar-refractivity contribution is 5.60. The van der Waals surface area contributed by atoms with E-state index in [2.05, 4.69) is 72.0 Å². The van der Waals surface area contributed by atoms with Crippen molar-refractivity contribution in [2.24, 2.45) is 0 Å². The van der Waals surface area contributed by atoms with Crippen molar-refractivity contribution in [1.29, 1.82) is 0 Å². The van der Waals surface area contributed by atoms with E-state index in [1.165, 1.54) is 49.7 Å². The van der Waals surface area contributed by atoms with Gasteiger partial charge < -0.3 is 0 Å². The van der Waals surface area contributed by atoms with Crippen LogP contribution in [0.15, 0.2) is 49.1 Å². The molecule has 22 heavy (non-hydrogen) atoms. The lowest BCUT2D eigenvalue weighted by molar-refractivity contribution is -0.697. The Labute approximate surface area is 135 Å². The Balaban J connectivity index is 1.92. The fraction of sp³-hybridized carbons (Fsp3) is 0.500. The minimum absolute atomic E-state index is 1.11. The van der Waals surface area contributed by atoms with E-state index in [4.69, 9.17) is 0 Å². The molecule has 0 aliphatic carbocycles. The highest BCUT2D eigenvalue weighted by atomic mass is 14.9. The Hall–Kier alpha value is -1.70. The molecule has 2 aromatic rings. The van der Waals surface area contributed by atoms with Crippen molar-refractivity contribution in [1.82, 2.24) is 0 Å². The van der Waals surface area contributed by atoms with Crippen molar-refractivity contribution in [3.05, 3.63) is 49.1 Å². The molecule has 2 heteroatoms. The van der Waals surface area contributed by atoms with Gasteiger partial charge in [-0.1, -0.05) is 33.1 Å². The van der Waals surface area contributed by atoms with Crippen LogP contribution in [0.25, 0.3) is 11.1 Å². The fourth-order valence-electron chi connectivity index (χ4n) is 2.66. The summed E-state index contributed by atoms with van der Waals surface area (Å²) in [7, 11) is 0. The van der Waals surface area contributed by atoms with E-state index in [0.717, 1.165) is 13.1 Å². The van der Waals surface area contributed by atoms with E-state index in [1.807, 2.05) is 0 Å². The average molecular weight is 298 g/mol. The average Bonchev–Trinajstić information content (AvgIpc) is 2.58. The molecule has 0 radical (unpaired) electrons. The van der Waals surface area contributed by atoms with Crippen LogP contribution in [-0.4, -0.2) is 0 Å². The molecule has 0 saturated heterocycles. The molecule has 2 heterocycles. The Morgan fingerprint density at radius 3 is 1.50 bits per heavy atom. The van der Waals surface area contributed by atoms with Gasteiger partial charge in [0, 0.05) is 37.1 Å². The number of rotatable bonds is 9. The molecule has 0 spiro atoms. The molecule has 0 N–H and O–H groups in total. The van der Waals surface area contributed by atoms with Crippen molar-refractivity contribution >= 4 is 0 Å². The highest BCUT2D eigenvalue weighted by Crippen LogP contribution is 2.15. The van der Waals surface area contributed by atoms with Crippen LogP contribution in [-0.2, 0) is 13.1 Å². The Morgan fingerprint density at radius 2 is 1.05 bits per heavy atom. The Kier molecular flexibility index (Phi) is 7.08. The molecule has 2 nitrogen and oxygen atoms in total. The van der Waals surface area contributed by atoms with Gasteiger partial charge >= 0.3 is 0 Å². The smallest absolute Gasteiger partial charge is 0.169 e. The molecule has 0 aromatic carbocycles. The number of hydrogen-bond acceptors (Lipinski definition) is 0. The second-order valence-electron chi connectivity index (χ2n) is 6.06. The molecule has 0 fully saturated rings. The minimum atomic E-state index is 1.11. The molecule has 0 aliphatic rings. The van der Waals surface area contributed by atoms with Crippen LogP contribution in [0.1, 0.15) is 52.4 Å². The van der Waals surface area contributed by atoms with Crippen molar-refractivity contribution < 1.29 is 9.13 Å². The third-order valence-corrected chi connectivity index (χ3v) is 4.16. The van der Waals surface area contributed by atoms with Crippen LogP contribution in [0.4, 0.5) is 0 Å². The minimum Gasteiger partial charge on any atom is -0.205 e. The molecule has 118 valence electrons. The summed E-state index contributed by atoms with van der Waals surface area (Å²) in [5.41, 5.74) is 2.60. The maximum Gasteiger partial charge on any atom is 0.169 e. The van der Waals surface area contributed by atoms with Gasteiger partial charge in [0.25, 0.3) is 0 Å². The first-order chi connectivity index (χ1) is 10.8. The molecule has 0 saturated carbocycles. The predicted octanol–water partition coefficient (Wildman–Crippen LogP) is 4.31. The lowest BCUT2D eigenvalue weighted by atomic mass is 10.1. The fourth-order valence-corrected chi connectivity index (χ4v) is 2.66. The van der Waals surface area contributed by atoms with Gasteiger partial charge in [-0.05, 0) is 17.5 Å². The number of aryl methyl sites for hydroxylation is 2. The van der Waals surface area contributed by atoms with Crippen LogP contribution in [0.2, 0.25) is 0 Å². The van der Waals surface area contributed by atoms with Crippen LogP contribution in [0, 0.1) is 0 Å². The van der Waals surface area contributed by atoms with Crippen molar-refractivity contribution in [3.63, 3.8) is 0 Å². The van der Waals surface area contributed by atoms with E-state index in [1.54, 1.807) is 0 Å². The van der Waals surface area contributed by atoms with Gasteiger partial charge in [-0.15, -0.1) is 0 Å². The molecule has 0 aliphatic heterocycles. The second kappa shape index (κ2) is 9.34. The van der Waals surface area contributed by atoms with Crippen LogP contribution in [0.3, 0.4) is 0 Å². The summed E-state index contributed by atoms with van der Waals surface area (Å²) in [5.74, 6) is 0. The van der Waals surface area contributed by atoms with Crippen molar-refractivity contribution in [3.8, 4) is 11.1 Å². The first-order valence-corrected chi connectivity index (χ1v) is 8.82. The van der Waals surface area contributed by atoms with Crippen LogP contribution >= 0.6 is 0 Å². The van der Waals surface area contributed by atoms with Crippen LogP contribution < -0.4 is 9.13 Å². The zero-order chi connectivity index (χ0) is 15.6. The summed E-state index contributed by atoms with van der Waals surface area (Å²) in [5, 5.41) is 0. The first-order valence-electron chi connectivity index (χ1n) is 8.82. The molecule has 2 rings (SSSR count). The normalized spacial score (nSPS) is 10.8. The summed E-state index contributed by atoms with van der Waals surface area (Å²) in [6, 6.07) is 8.89. The number of aromatic nitrogens is 2. The summed E-state index contributed by atoms with van der Waals surface area (Å²) in [6.07, 6.45) is 16.5. The summed E-state index contributed by atoms with van der Waals surface area (Å²) in [4.78, 5) is 0. The number of hydrogen-bond donors (Lipinski definition) is 0. The van der Waals surface area contributed by atoms with E-state index in [9.17, 15) is 0 Å². The van der Waals surface area contributed by atoms with Gasteiger partial charge in [0.15, 0.2) is 24.8 Å². The maximum absolute atomic E-state index is 2.30. The molecular formula is C20H30N2+2. The number of unbranched alkanes of at least 4 members (excludes halogenated alkanes) is 4. The van der Waals surface area contributed by atoms with Gasteiger partial charge in [0.2, 0.25) is 0 Å². The number of pyridine rings is 2. The molecule has 0 atom stereocenters. The lowest BCUT2D eigenvalue weighted by Crippen LogP contribution is -2.32. The highest BCUT2D eigenvalue weighted by Gasteiger charge is 2.05. The summed E-state index contributed by atoms with van der Waals surface area (Å²) < 4.78 is 4.56. The quantitative estimate of drug-likeness (QED) is 0.481.